The second-order valence-corrected chi connectivity index (χ2v) is 3.03. The molecule has 5 heteroatoms. The Kier molecular flexibility index (Phi) is 3.11. The van der Waals surface area contributed by atoms with Crippen molar-refractivity contribution < 1.29 is 13.9 Å². The molecular weight excluding hydrogens is 232 g/mol. The summed E-state index contributed by atoms with van der Waals surface area (Å²) >= 11 is 3.01. The Bertz CT molecular complexity index is 269. The summed E-state index contributed by atoms with van der Waals surface area (Å²) in [5, 5.41) is 8.97. The van der Waals surface area contributed by atoms with Crippen molar-refractivity contribution in [3.63, 3.8) is 0 Å². The van der Waals surface area contributed by atoms with E-state index in [1.807, 2.05) is 0 Å². The van der Waals surface area contributed by atoms with E-state index in [1.54, 1.807) is 0 Å². The Morgan fingerprint density at radius 1 is 1.50 bits per heavy atom. The number of hydrogen-bond donors (Lipinski definition) is 1. The first kappa shape index (κ1) is 9.54. The van der Waals surface area contributed by atoms with Crippen molar-refractivity contribution in [2.45, 2.75) is 12.5 Å². The van der Waals surface area contributed by atoms with E-state index in [0.29, 0.717) is 4.47 Å². The molecule has 1 aromatic rings. The van der Waals surface area contributed by atoms with Crippen molar-refractivity contribution in [3.05, 3.63) is 28.5 Å². The van der Waals surface area contributed by atoms with Crippen molar-refractivity contribution in [1.82, 2.24) is 4.98 Å². The second kappa shape index (κ2) is 3.91. The lowest BCUT2D eigenvalue weighted by molar-refractivity contribution is -0.00622. The number of pyridine rings is 1. The van der Waals surface area contributed by atoms with Gasteiger partial charge in [-0.2, -0.15) is 0 Å². The summed E-state index contributed by atoms with van der Waals surface area (Å²) in [4.78, 5) is 3.68. The number of hydrogen-bond acceptors (Lipinski definition) is 2. The molecule has 0 spiro atoms. The molecule has 1 heterocycles. The third-order valence-electron chi connectivity index (χ3n) is 1.36. The van der Waals surface area contributed by atoms with E-state index in [4.69, 9.17) is 5.11 Å². The standard InChI is InChI=1S/C7H6BrF2NO/c8-5-3-11-2-1-4(5)6(12)7(9)10/h1-3,6-7,12H. The number of rotatable bonds is 2. The minimum Gasteiger partial charge on any atom is -0.382 e. The molecule has 0 bridgehead atoms. The number of alkyl halides is 2. The highest BCUT2D eigenvalue weighted by molar-refractivity contribution is 9.10. The molecule has 0 saturated heterocycles. The summed E-state index contributed by atoms with van der Waals surface area (Å²) in [7, 11) is 0. The van der Waals surface area contributed by atoms with Gasteiger partial charge in [0.25, 0.3) is 6.43 Å². The average molecular weight is 238 g/mol. The molecule has 0 amide bonds. The Hall–Kier alpha value is -0.550. The quantitative estimate of drug-likeness (QED) is 0.856. The van der Waals surface area contributed by atoms with E-state index in [1.165, 1.54) is 18.5 Å². The molecule has 0 radical (unpaired) electrons. The molecule has 12 heavy (non-hydrogen) atoms. The maximum absolute atomic E-state index is 12.0. The van der Waals surface area contributed by atoms with Gasteiger partial charge >= 0.3 is 0 Å². The summed E-state index contributed by atoms with van der Waals surface area (Å²) in [6, 6.07) is 1.35. The van der Waals surface area contributed by atoms with Crippen LogP contribution in [-0.4, -0.2) is 16.5 Å². The summed E-state index contributed by atoms with van der Waals surface area (Å²) in [6.07, 6.45) is -1.81. The highest BCUT2D eigenvalue weighted by atomic mass is 79.9. The largest absolute Gasteiger partial charge is 0.382 e. The third-order valence-corrected chi connectivity index (χ3v) is 2.02. The Labute approximate surface area is 76.4 Å². The van der Waals surface area contributed by atoms with E-state index >= 15 is 0 Å². The lowest BCUT2D eigenvalue weighted by atomic mass is 10.1. The molecule has 1 rings (SSSR count). The zero-order chi connectivity index (χ0) is 9.14. The number of aliphatic hydroxyl groups is 1. The van der Waals surface area contributed by atoms with Crippen molar-refractivity contribution in [2.24, 2.45) is 0 Å². The highest BCUT2D eigenvalue weighted by Gasteiger charge is 2.20. The van der Waals surface area contributed by atoms with Crippen LogP contribution in [0.3, 0.4) is 0 Å². The van der Waals surface area contributed by atoms with Crippen LogP contribution in [0.5, 0.6) is 0 Å². The number of aromatic nitrogens is 1. The minimum atomic E-state index is -2.77. The van der Waals surface area contributed by atoms with Gasteiger partial charge in [-0.15, -0.1) is 0 Å². The van der Waals surface area contributed by atoms with E-state index < -0.39 is 12.5 Å². The van der Waals surface area contributed by atoms with Gasteiger partial charge in [0.05, 0.1) is 0 Å². The number of halogens is 3. The van der Waals surface area contributed by atoms with Gasteiger partial charge in [-0.05, 0) is 22.0 Å². The molecule has 66 valence electrons. The Morgan fingerprint density at radius 2 is 2.17 bits per heavy atom. The first-order valence-electron chi connectivity index (χ1n) is 3.18. The van der Waals surface area contributed by atoms with Crippen LogP contribution in [0.15, 0.2) is 22.9 Å². The van der Waals surface area contributed by atoms with Gasteiger partial charge in [-0.1, -0.05) is 0 Å². The molecule has 1 N–H and O–H groups in total. The molecule has 1 atom stereocenters. The predicted octanol–water partition coefficient (Wildman–Crippen LogP) is 2.14. The van der Waals surface area contributed by atoms with E-state index in [-0.39, 0.29) is 5.56 Å². The smallest absolute Gasteiger partial charge is 0.268 e. The fraction of sp³-hybridized carbons (Fsp3) is 0.286. The van der Waals surface area contributed by atoms with Gasteiger partial charge in [0, 0.05) is 22.4 Å². The second-order valence-electron chi connectivity index (χ2n) is 2.18. The van der Waals surface area contributed by atoms with Crippen LogP contribution < -0.4 is 0 Å². The monoisotopic (exact) mass is 237 g/mol. The Balaban J connectivity index is 2.94. The van der Waals surface area contributed by atoms with Crippen LogP contribution >= 0.6 is 15.9 Å². The average Bonchev–Trinajstić information content (AvgIpc) is 2.04. The van der Waals surface area contributed by atoms with Crippen LogP contribution in [0.2, 0.25) is 0 Å². The van der Waals surface area contributed by atoms with Gasteiger partial charge in [-0.3, -0.25) is 4.98 Å². The number of nitrogens with zero attached hydrogens (tertiary/aromatic N) is 1. The minimum absolute atomic E-state index is 0.153. The maximum atomic E-state index is 12.0. The van der Waals surface area contributed by atoms with Crippen LogP contribution in [0.25, 0.3) is 0 Å². The summed E-state index contributed by atoms with van der Waals surface area (Å²) in [5.74, 6) is 0. The first-order valence-corrected chi connectivity index (χ1v) is 3.98. The van der Waals surface area contributed by atoms with E-state index in [0.717, 1.165) is 0 Å². The molecule has 0 aliphatic heterocycles. The third kappa shape index (κ3) is 1.98. The van der Waals surface area contributed by atoms with Gasteiger partial charge in [0.2, 0.25) is 0 Å². The topological polar surface area (TPSA) is 33.1 Å². The van der Waals surface area contributed by atoms with Crippen LogP contribution in [-0.2, 0) is 0 Å². The molecule has 0 aliphatic rings. The zero-order valence-electron chi connectivity index (χ0n) is 5.92. The molecule has 1 aromatic heterocycles. The van der Waals surface area contributed by atoms with E-state index in [9.17, 15) is 8.78 Å². The molecule has 0 aromatic carbocycles. The van der Waals surface area contributed by atoms with Gasteiger partial charge in [0.1, 0.15) is 6.10 Å². The molecule has 0 aliphatic carbocycles. The Morgan fingerprint density at radius 3 is 2.67 bits per heavy atom. The highest BCUT2D eigenvalue weighted by Crippen LogP contribution is 2.26. The molecule has 0 fully saturated rings. The van der Waals surface area contributed by atoms with Gasteiger partial charge in [0.15, 0.2) is 0 Å². The fourth-order valence-corrected chi connectivity index (χ4v) is 1.25. The lowest BCUT2D eigenvalue weighted by Crippen LogP contribution is -2.08. The van der Waals surface area contributed by atoms with Crippen molar-refractivity contribution in [2.75, 3.05) is 0 Å². The van der Waals surface area contributed by atoms with Crippen LogP contribution in [0, 0.1) is 0 Å². The van der Waals surface area contributed by atoms with Crippen molar-refractivity contribution in [1.29, 1.82) is 0 Å². The van der Waals surface area contributed by atoms with Gasteiger partial charge in [-0.25, -0.2) is 8.78 Å². The molecular formula is C7H6BrF2NO. The van der Waals surface area contributed by atoms with Crippen LogP contribution in [0.1, 0.15) is 11.7 Å². The zero-order valence-corrected chi connectivity index (χ0v) is 7.50. The summed E-state index contributed by atoms with van der Waals surface area (Å²) in [6.45, 7) is 0. The number of aliphatic hydroxyl groups excluding tert-OH is 1. The van der Waals surface area contributed by atoms with Crippen LogP contribution in [0.4, 0.5) is 8.78 Å². The van der Waals surface area contributed by atoms with Crippen molar-refractivity contribution in [3.8, 4) is 0 Å². The predicted molar refractivity (Wildman–Crippen MR) is 42.9 cm³/mol. The first-order chi connectivity index (χ1) is 5.63. The maximum Gasteiger partial charge on any atom is 0.268 e. The van der Waals surface area contributed by atoms with Gasteiger partial charge < -0.3 is 5.11 Å². The van der Waals surface area contributed by atoms with E-state index in [2.05, 4.69) is 20.9 Å². The summed E-state index contributed by atoms with van der Waals surface area (Å²) in [5.41, 5.74) is 0.153. The molecule has 1 unspecified atom stereocenters. The normalized spacial score (nSPS) is 13.4. The summed E-state index contributed by atoms with van der Waals surface area (Å²) < 4.78 is 24.4. The molecule has 2 nitrogen and oxygen atoms in total. The molecule has 0 saturated carbocycles. The SMILES string of the molecule is OC(c1ccncc1Br)C(F)F. The van der Waals surface area contributed by atoms with Crippen molar-refractivity contribution >= 4 is 15.9 Å². The lowest BCUT2D eigenvalue weighted by Gasteiger charge is -2.10. The fourth-order valence-electron chi connectivity index (χ4n) is 0.762.